The highest BCUT2D eigenvalue weighted by Gasteiger charge is 2.53. The van der Waals surface area contributed by atoms with Crippen LogP contribution in [-0.4, -0.2) is 47.9 Å². The summed E-state index contributed by atoms with van der Waals surface area (Å²) in [5.41, 5.74) is 1.02. The average Bonchev–Trinajstić information content (AvgIpc) is 3.01. The van der Waals surface area contributed by atoms with Gasteiger partial charge in [-0.05, 0) is 93.4 Å². The third-order valence-corrected chi connectivity index (χ3v) is 8.06. The van der Waals surface area contributed by atoms with Gasteiger partial charge < -0.3 is 10.2 Å². The molecular weight excluding hydrogens is 443 g/mol. The highest BCUT2D eigenvalue weighted by atomic mass is 19.1. The molecule has 1 N–H and O–H groups in total. The quantitative estimate of drug-likeness (QED) is 0.658. The van der Waals surface area contributed by atoms with Crippen molar-refractivity contribution in [1.29, 1.82) is 5.26 Å². The van der Waals surface area contributed by atoms with Gasteiger partial charge in [0.2, 0.25) is 0 Å². The number of piperidine rings is 1. The summed E-state index contributed by atoms with van der Waals surface area (Å²) in [7, 11) is 0. The molecule has 2 fully saturated rings. The number of aryl methyl sites for hydroxylation is 1. The van der Waals surface area contributed by atoms with E-state index < -0.39 is 17.0 Å². The maximum absolute atomic E-state index is 14.1. The molecule has 3 aliphatic rings. The second kappa shape index (κ2) is 9.43. The molecule has 2 aliphatic heterocycles. The van der Waals surface area contributed by atoms with Crippen LogP contribution in [0.2, 0.25) is 0 Å². The van der Waals surface area contributed by atoms with Gasteiger partial charge in [0.25, 0.3) is 5.91 Å². The first-order chi connectivity index (χ1) is 17.0. The number of fused-ring (bicyclic) bond motifs is 2. The van der Waals surface area contributed by atoms with Crippen LogP contribution in [0.1, 0.15) is 55.2 Å². The molecule has 2 saturated heterocycles. The normalized spacial score (nSPS) is 24.1. The van der Waals surface area contributed by atoms with Crippen molar-refractivity contribution in [2.45, 2.75) is 55.9 Å². The molecule has 1 unspecified atom stereocenters. The first kappa shape index (κ1) is 23.5. The third kappa shape index (κ3) is 4.21. The number of hydrogen-bond acceptors (Lipinski definition) is 4. The summed E-state index contributed by atoms with van der Waals surface area (Å²) in [4.78, 5) is 30.1. The Hall–Kier alpha value is -3.24. The van der Waals surface area contributed by atoms with E-state index in [0.29, 0.717) is 24.9 Å². The number of hydrogen-bond donors (Lipinski definition) is 1. The van der Waals surface area contributed by atoms with Gasteiger partial charge in [0.15, 0.2) is 0 Å². The lowest BCUT2D eigenvalue weighted by atomic mass is 9.74. The number of imide groups is 1. The minimum Gasteiger partial charge on any atom is -0.319 e. The van der Waals surface area contributed by atoms with E-state index in [9.17, 15) is 19.2 Å². The van der Waals surface area contributed by atoms with Crippen LogP contribution in [0.25, 0.3) is 0 Å². The Labute approximate surface area is 205 Å². The summed E-state index contributed by atoms with van der Waals surface area (Å²) in [5.74, 6) is -0.651. The predicted molar refractivity (Wildman–Crippen MR) is 130 cm³/mol. The molecule has 6 nitrogen and oxygen atoms in total. The highest BCUT2D eigenvalue weighted by Crippen LogP contribution is 2.39. The van der Waals surface area contributed by atoms with Crippen molar-refractivity contribution < 1.29 is 14.0 Å². The van der Waals surface area contributed by atoms with Crippen molar-refractivity contribution in [1.82, 2.24) is 15.1 Å². The fraction of sp³-hybridized carbons (Fsp3) is 0.464. The Morgan fingerprint density at radius 1 is 1.00 bits per heavy atom. The number of carbonyl (C=O) groups excluding carboxylic acids is 2. The number of nitrogens with zero attached hydrogens (tertiary/aromatic N) is 3. The summed E-state index contributed by atoms with van der Waals surface area (Å²) in [6.45, 7) is 2.69. The Morgan fingerprint density at radius 2 is 1.77 bits per heavy atom. The molecule has 0 aromatic heterocycles. The molecule has 182 valence electrons. The molecule has 0 radical (unpaired) electrons. The summed E-state index contributed by atoms with van der Waals surface area (Å²) < 4.78 is 14.1. The van der Waals surface area contributed by atoms with Crippen LogP contribution in [-0.2, 0) is 22.2 Å². The molecule has 1 atom stereocenters. The summed E-state index contributed by atoms with van der Waals surface area (Å²) in [6.07, 6.45) is 5.17. The SMILES string of the molecule is N#CC1(c2ccccc2)CCN(CCCN2C(=O)NC3(CCCCc4ccc(F)cc43)C2=O)CC1. The number of rotatable bonds is 5. The van der Waals surface area contributed by atoms with Gasteiger partial charge in [0, 0.05) is 6.54 Å². The van der Waals surface area contributed by atoms with Gasteiger partial charge in [0.1, 0.15) is 11.4 Å². The van der Waals surface area contributed by atoms with Gasteiger partial charge in [-0.15, -0.1) is 0 Å². The smallest absolute Gasteiger partial charge is 0.319 e. The number of benzene rings is 2. The van der Waals surface area contributed by atoms with E-state index in [-0.39, 0.29) is 11.7 Å². The largest absolute Gasteiger partial charge is 0.325 e. The fourth-order valence-corrected chi connectivity index (χ4v) is 6.02. The Kier molecular flexibility index (Phi) is 6.33. The zero-order valence-electron chi connectivity index (χ0n) is 19.9. The summed E-state index contributed by atoms with van der Waals surface area (Å²) in [5, 5.41) is 12.8. The number of urea groups is 1. The van der Waals surface area contributed by atoms with Crippen LogP contribution >= 0.6 is 0 Å². The molecule has 0 saturated carbocycles. The summed E-state index contributed by atoms with van der Waals surface area (Å²) in [6, 6.07) is 16.7. The van der Waals surface area contributed by atoms with E-state index in [1.54, 1.807) is 6.07 Å². The van der Waals surface area contributed by atoms with E-state index in [2.05, 4.69) is 16.3 Å². The topological polar surface area (TPSA) is 76.4 Å². The molecule has 0 bridgehead atoms. The van der Waals surface area contributed by atoms with Gasteiger partial charge in [-0.2, -0.15) is 5.26 Å². The molecule has 3 amide bonds. The number of amides is 3. The van der Waals surface area contributed by atoms with Crippen LogP contribution in [0, 0.1) is 17.1 Å². The second-order valence-corrected chi connectivity index (χ2v) is 10.1. The fourth-order valence-electron chi connectivity index (χ4n) is 6.02. The van der Waals surface area contributed by atoms with Crippen LogP contribution in [0.15, 0.2) is 48.5 Å². The zero-order valence-corrected chi connectivity index (χ0v) is 19.9. The third-order valence-electron chi connectivity index (χ3n) is 8.06. The van der Waals surface area contributed by atoms with Crippen molar-refractivity contribution in [3.63, 3.8) is 0 Å². The first-order valence-corrected chi connectivity index (χ1v) is 12.6. The van der Waals surface area contributed by atoms with Crippen molar-refractivity contribution in [2.24, 2.45) is 0 Å². The number of likely N-dealkylation sites (tertiary alicyclic amines) is 1. The second-order valence-electron chi connectivity index (χ2n) is 10.1. The van der Waals surface area contributed by atoms with Gasteiger partial charge >= 0.3 is 6.03 Å². The highest BCUT2D eigenvalue weighted by molar-refractivity contribution is 6.07. The molecular formula is C28H31FN4O2. The molecule has 2 aromatic carbocycles. The van der Waals surface area contributed by atoms with Crippen LogP contribution in [0.5, 0.6) is 0 Å². The predicted octanol–water partition coefficient (Wildman–Crippen LogP) is 4.25. The van der Waals surface area contributed by atoms with E-state index in [1.807, 2.05) is 30.3 Å². The van der Waals surface area contributed by atoms with Crippen LogP contribution < -0.4 is 5.32 Å². The molecule has 2 aromatic rings. The number of nitrogens with one attached hydrogen (secondary N) is 1. The van der Waals surface area contributed by atoms with Crippen molar-refractivity contribution in [3.8, 4) is 6.07 Å². The first-order valence-electron chi connectivity index (χ1n) is 12.6. The van der Waals surface area contributed by atoms with Gasteiger partial charge in [0.05, 0.1) is 11.5 Å². The Bertz CT molecular complexity index is 1150. The number of halogens is 1. The monoisotopic (exact) mass is 474 g/mol. The van der Waals surface area contributed by atoms with E-state index in [0.717, 1.165) is 62.9 Å². The maximum Gasteiger partial charge on any atom is 0.325 e. The van der Waals surface area contributed by atoms with Gasteiger partial charge in [-0.3, -0.25) is 9.69 Å². The van der Waals surface area contributed by atoms with Crippen molar-refractivity contribution >= 4 is 11.9 Å². The Morgan fingerprint density at radius 3 is 2.51 bits per heavy atom. The van der Waals surface area contributed by atoms with Crippen LogP contribution in [0.4, 0.5) is 9.18 Å². The maximum atomic E-state index is 14.1. The molecule has 35 heavy (non-hydrogen) atoms. The zero-order chi connectivity index (χ0) is 24.5. The van der Waals surface area contributed by atoms with E-state index >= 15 is 0 Å². The van der Waals surface area contributed by atoms with Crippen LogP contribution in [0.3, 0.4) is 0 Å². The minimum absolute atomic E-state index is 0.262. The average molecular weight is 475 g/mol. The molecule has 1 aliphatic carbocycles. The lowest BCUT2D eigenvalue weighted by molar-refractivity contribution is -0.132. The molecule has 1 spiro atoms. The van der Waals surface area contributed by atoms with Gasteiger partial charge in [-0.25, -0.2) is 9.18 Å². The molecule has 7 heteroatoms. The lowest BCUT2D eigenvalue weighted by Crippen LogP contribution is -2.44. The Balaban J connectivity index is 1.21. The van der Waals surface area contributed by atoms with Gasteiger partial charge in [-0.1, -0.05) is 36.4 Å². The lowest BCUT2D eigenvalue weighted by Gasteiger charge is -2.37. The van der Waals surface area contributed by atoms with Crippen molar-refractivity contribution in [3.05, 3.63) is 71.0 Å². The molecule has 2 heterocycles. The molecule has 5 rings (SSSR count). The standard InChI is InChI=1S/C28H31FN4O2/c29-23-11-10-21-7-4-5-12-28(24(21)19-23)25(34)33(26(35)31-28)16-6-15-32-17-13-27(20-30,14-18-32)22-8-2-1-3-9-22/h1-3,8-11,19H,4-7,12-18H2,(H,31,35). The number of carbonyl (C=O) groups is 2. The van der Waals surface area contributed by atoms with E-state index in [1.165, 1.54) is 17.0 Å². The minimum atomic E-state index is -1.15. The number of nitriles is 1. The van der Waals surface area contributed by atoms with Crippen molar-refractivity contribution in [2.75, 3.05) is 26.2 Å². The summed E-state index contributed by atoms with van der Waals surface area (Å²) >= 11 is 0. The van der Waals surface area contributed by atoms with E-state index in [4.69, 9.17) is 0 Å².